The highest BCUT2D eigenvalue weighted by molar-refractivity contribution is 9.10. The molecule has 2 N–H and O–H groups in total. The molecule has 0 atom stereocenters. The van der Waals surface area contributed by atoms with Crippen molar-refractivity contribution in [2.24, 2.45) is 5.92 Å². The molecule has 2 rings (SSSR count). The van der Waals surface area contributed by atoms with Crippen LogP contribution in [-0.4, -0.2) is 19.3 Å². The number of benzene rings is 1. The molecule has 1 aliphatic rings. The van der Waals surface area contributed by atoms with E-state index in [1.807, 2.05) is 17.0 Å². The zero-order valence-electron chi connectivity index (χ0n) is 9.67. The molecule has 0 amide bonds. The van der Waals surface area contributed by atoms with Gasteiger partial charge in [-0.3, -0.25) is 0 Å². The third kappa shape index (κ3) is 2.91. The summed E-state index contributed by atoms with van der Waals surface area (Å²) in [6, 6.07) is 5.45. The van der Waals surface area contributed by atoms with Crippen LogP contribution in [0.15, 0.2) is 22.7 Å². The molecule has 0 bridgehead atoms. The summed E-state index contributed by atoms with van der Waals surface area (Å²) in [5, 5.41) is 0. The summed E-state index contributed by atoms with van der Waals surface area (Å²) >= 11 is 3.32. The van der Waals surface area contributed by atoms with Gasteiger partial charge in [0.1, 0.15) is 0 Å². The van der Waals surface area contributed by atoms with Crippen LogP contribution in [0.2, 0.25) is 0 Å². The lowest BCUT2D eigenvalue weighted by Crippen LogP contribution is -2.39. The Bertz CT molecular complexity index is 426. The van der Waals surface area contributed by atoms with E-state index in [1.165, 1.54) is 0 Å². The number of piperidine rings is 1. The van der Waals surface area contributed by atoms with Gasteiger partial charge in [0.25, 0.3) is 0 Å². The summed E-state index contributed by atoms with van der Waals surface area (Å²) in [4.78, 5) is 1.96. The summed E-state index contributed by atoms with van der Waals surface area (Å²) in [5.74, 6) is -1.16. The minimum Gasteiger partial charge on any atom is -0.398 e. The fourth-order valence-electron chi connectivity index (χ4n) is 2.18. The van der Waals surface area contributed by atoms with Crippen molar-refractivity contribution in [2.45, 2.75) is 19.0 Å². The van der Waals surface area contributed by atoms with E-state index >= 15 is 0 Å². The number of hydrogen-bond donors (Lipinski definition) is 1. The van der Waals surface area contributed by atoms with E-state index < -0.39 is 12.1 Å². The first-order valence-corrected chi connectivity index (χ1v) is 6.54. The predicted octanol–water partition coefficient (Wildman–Crippen LogP) is 3.81. The number of rotatable bonds is 1. The van der Waals surface area contributed by atoms with E-state index in [0.29, 0.717) is 18.8 Å². The quantitative estimate of drug-likeness (QED) is 0.797. The van der Waals surface area contributed by atoms with Crippen LogP contribution >= 0.6 is 15.9 Å². The van der Waals surface area contributed by atoms with Crippen molar-refractivity contribution in [3.63, 3.8) is 0 Å². The minimum atomic E-state index is -4.06. The molecule has 2 nitrogen and oxygen atoms in total. The van der Waals surface area contributed by atoms with Gasteiger partial charge in [-0.1, -0.05) is 0 Å². The summed E-state index contributed by atoms with van der Waals surface area (Å²) in [5.41, 5.74) is 7.23. The van der Waals surface area contributed by atoms with Crippen molar-refractivity contribution in [2.75, 3.05) is 23.7 Å². The topological polar surface area (TPSA) is 29.3 Å². The van der Waals surface area contributed by atoms with Crippen molar-refractivity contribution < 1.29 is 13.2 Å². The van der Waals surface area contributed by atoms with Gasteiger partial charge in [0.05, 0.1) is 5.92 Å². The molecule has 6 heteroatoms. The van der Waals surface area contributed by atoms with Gasteiger partial charge < -0.3 is 10.6 Å². The second-order valence-corrected chi connectivity index (χ2v) is 5.36. The van der Waals surface area contributed by atoms with E-state index in [2.05, 4.69) is 15.9 Å². The van der Waals surface area contributed by atoms with E-state index in [1.54, 1.807) is 6.07 Å². The zero-order valence-corrected chi connectivity index (χ0v) is 11.3. The largest absolute Gasteiger partial charge is 0.398 e. The van der Waals surface area contributed by atoms with Crippen molar-refractivity contribution >= 4 is 27.3 Å². The Morgan fingerprint density at radius 1 is 1.22 bits per heavy atom. The summed E-state index contributed by atoms with van der Waals surface area (Å²) in [7, 11) is 0. The molecule has 1 heterocycles. The molecule has 1 saturated heterocycles. The average Bonchev–Trinajstić information content (AvgIpc) is 2.32. The lowest BCUT2D eigenvalue weighted by atomic mass is 9.96. The second kappa shape index (κ2) is 4.99. The highest BCUT2D eigenvalue weighted by atomic mass is 79.9. The third-order valence-corrected chi connectivity index (χ3v) is 3.99. The summed E-state index contributed by atoms with van der Waals surface area (Å²) < 4.78 is 38.4. The standard InChI is InChI=1S/C12H14BrF3N2/c13-10-7-9(1-2-11(10)17)18-5-3-8(4-6-18)12(14,15)16/h1-2,7-8H,3-6,17H2. The smallest absolute Gasteiger partial charge is 0.391 e. The summed E-state index contributed by atoms with van der Waals surface area (Å²) in [6.07, 6.45) is -3.75. The first-order chi connectivity index (χ1) is 8.38. The van der Waals surface area contributed by atoms with Crippen LogP contribution in [0, 0.1) is 5.92 Å². The fourth-order valence-corrected chi connectivity index (χ4v) is 2.54. The van der Waals surface area contributed by atoms with Crippen LogP contribution < -0.4 is 10.6 Å². The van der Waals surface area contributed by atoms with E-state index in [0.717, 1.165) is 10.2 Å². The van der Waals surface area contributed by atoms with E-state index in [-0.39, 0.29) is 12.8 Å². The maximum absolute atomic E-state index is 12.5. The highest BCUT2D eigenvalue weighted by Gasteiger charge is 2.41. The number of anilines is 2. The third-order valence-electron chi connectivity index (χ3n) is 3.31. The van der Waals surface area contributed by atoms with Gasteiger partial charge in [0, 0.05) is 28.9 Å². The molecule has 0 aromatic heterocycles. The highest BCUT2D eigenvalue weighted by Crippen LogP contribution is 2.36. The normalized spacial score (nSPS) is 18.1. The Hall–Kier alpha value is -0.910. The molecule has 1 aromatic carbocycles. The molecule has 0 unspecified atom stereocenters. The Balaban J connectivity index is 2.03. The first-order valence-electron chi connectivity index (χ1n) is 5.74. The van der Waals surface area contributed by atoms with Gasteiger partial charge in [-0.25, -0.2) is 0 Å². The van der Waals surface area contributed by atoms with Crippen LogP contribution in [0.1, 0.15) is 12.8 Å². The maximum Gasteiger partial charge on any atom is 0.391 e. The van der Waals surface area contributed by atoms with Gasteiger partial charge in [-0.05, 0) is 47.0 Å². The zero-order chi connectivity index (χ0) is 13.3. The Labute approximate surface area is 112 Å². The van der Waals surface area contributed by atoms with E-state index in [4.69, 9.17) is 5.73 Å². The molecule has 0 aliphatic carbocycles. The fraction of sp³-hybridized carbons (Fsp3) is 0.500. The van der Waals surface area contributed by atoms with Crippen LogP contribution in [0.3, 0.4) is 0 Å². The molecule has 100 valence electrons. The van der Waals surface area contributed by atoms with Crippen molar-refractivity contribution in [1.29, 1.82) is 0 Å². The van der Waals surface area contributed by atoms with Crippen molar-refractivity contribution in [1.82, 2.24) is 0 Å². The number of alkyl halides is 3. The van der Waals surface area contributed by atoms with Crippen molar-refractivity contribution in [3.8, 4) is 0 Å². The molecule has 1 fully saturated rings. The molecule has 0 radical (unpaired) electrons. The van der Waals surface area contributed by atoms with Gasteiger partial charge in [0.2, 0.25) is 0 Å². The number of nitrogens with two attached hydrogens (primary N) is 1. The Morgan fingerprint density at radius 2 is 1.83 bits per heavy atom. The van der Waals surface area contributed by atoms with E-state index in [9.17, 15) is 13.2 Å². The SMILES string of the molecule is Nc1ccc(N2CCC(C(F)(F)F)CC2)cc1Br. The number of hydrogen-bond acceptors (Lipinski definition) is 2. The molecule has 18 heavy (non-hydrogen) atoms. The van der Waals surface area contributed by atoms with Gasteiger partial charge in [-0.15, -0.1) is 0 Å². The molecule has 0 spiro atoms. The lowest BCUT2D eigenvalue weighted by molar-refractivity contribution is -0.179. The van der Waals surface area contributed by atoms with Gasteiger partial charge >= 0.3 is 6.18 Å². The first kappa shape index (κ1) is 13.5. The van der Waals surface area contributed by atoms with Crippen LogP contribution in [0.25, 0.3) is 0 Å². The molecule has 0 saturated carbocycles. The van der Waals surface area contributed by atoms with Gasteiger partial charge in [0.15, 0.2) is 0 Å². The number of nitrogens with zero attached hydrogens (tertiary/aromatic N) is 1. The summed E-state index contributed by atoms with van der Waals surface area (Å²) in [6.45, 7) is 0.862. The van der Waals surface area contributed by atoms with Crippen molar-refractivity contribution in [3.05, 3.63) is 22.7 Å². The molecular weight excluding hydrogens is 309 g/mol. The Morgan fingerprint density at radius 3 is 2.33 bits per heavy atom. The number of halogens is 4. The monoisotopic (exact) mass is 322 g/mol. The predicted molar refractivity (Wildman–Crippen MR) is 69.5 cm³/mol. The maximum atomic E-state index is 12.5. The van der Waals surface area contributed by atoms with Gasteiger partial charge in [-0.2, -0.15) is 13.2 Å². The number of nitrogen functional groups attached to an aromatic ring is 1. The molecule has 1 aromatic rings. The van der Waals surface area contributed by atoms with Crippen LogP contribution in [0.5, 0.6) is 0 Å². The lowest BCUT2D eigenvalue weighted by Gasteiger charge is -2.34. The second-order valence-electron chi connectivity index (χ2n) is 4.51. The molecule has 1 aliphatic heterocycles. The van der Waals surface area contributed by atoms with Crippen LogP contribution in [0.4, 0.5) is 24.5 Å². The minimum absolute atomic E-state index is 0.158. The molecular formula is C12H14BrF3N2. The Kier molecular flexibility index (Phi) is 3.75. The average molecular weight is 323 g/mol. The van der Waals surface area contributed by atoms with Crippen LogP contribution in [-0.2, 0) is 0 Å².